The Balaban J connectivity index is 1.51. The normalized spacial score (nSPS) is 11.9. The number of pyridine rings is 1. The zero-order chi connectivity index (χ0) is 25.8. The predicted octanol–water partition coefficient (Wildman–Crippen LogP) is 5.74. The maximum absolute atomic E-state index is 14.0. The van der Waals surface area contributed by atoms with Crippen molar-refractivity contribution in [2.45, 2.75) is 33.3 Å². The molecule has 186 valence electrons. The van der Waals surface area contributed by atoms with Gasteiger partial charge in [-0.2, -0.15) is 0 Å². The third-order valence-corrected chi connectivity index (χ3v) is 5.95. The maximum Gasteiger partial charge on any atom is 0.337 e. The van der Waals surface area contributed by atoms with E-state index in [1.807, 2.05) is 13.0 Å². The minimum Gasteiger partial charge on any atom is -0.485 e. The van der Waals surface area contributed by atoms with Gasteiger partial charge in [-0.1, -0.05) is 25.1 Å². The van der Waals surface area contributed by atoms with Gasteiger partial charge in [-0.15, -0.1) is 0 Å². The number of ketones is 1. The fourth-order valence-corrected chi connectivity index (χ4v) is 4.26. The predicted molar refractivity (Wildman–Crippen MR) is 130 cm³/mol. The van der Waals surface area contributed by atoms with Gasteiger partial charge in [0, 0.05) is 12.6 Å². The van der Waals surface area contributed by atoms with Crippen LogP contribution in [0, 0.1) is 24.5 Å². The molecular formula is C28H26F2N2O4. The van der Waals surface area contributed by atoms with Gasteiger partial charge in [0.05, 0.1) is 23.9 Å². The Morgan fingerprint density at radius 3 is 2.50 bits per heavy atom. The number of esters is 1. The van der Waals surface area contributed by atoms with Gasteiger partial charge in [-0.25, -0.2) is 18.6 Å². The molecule has 0 aliphatic heterocycles. The number of carbonyl (C=O) groups is 2. The Morgan fingerprint density at radius 1 is 1.06 bits per heavy atom. The summed E-state index contributed by atoms with van der Waals surface area (Å²) in [6.45, 7) is 3.40. The topological polar surface area (TPSA) is 69.9 Å². The molecule has 0 saturated heterocycles. The molecule has 4 aromatic rings. The Kier molecular flexibility index (Phi) is 7.43. The van der Waals surface area contributed by atoms with Crippen molar-refractivity contribution in [1.82, 2.24) is 9.38 Å². The summed E-state index contributed by atoms with van der Waals surface area (Å²) in [5.74, 6) is -1.56. The highest BCUT2D eigenvalue weighted by Gasteiger charge is 2.21. The molecule has 2 heterocycles. The van der Waals surface area contributed by atoms with Crippen LogP contribution in [0.25, 0.3) is 5.65 Å². The van der Waals surface area contributed by atoms with Gasteiger partial charge in [0.2, 0.25) is 0 Å². The van der Waals surface area contributed by atoms with Crippen molar-refractivity contribution >= 4 is 17.4 Å². The number of aromatic nitrogens is 2. The van der Waals surface area contributed by atoms with Crippen LogP contribution in [0.15, 0.2) is 60.8 Å². The van der Waals surface area contributed by atoms with E-state index >= 15 is 0 Å². The van der Waals surface area contributed by atoms with E-state index in [-0.39, 0.29) is 30.3 Å². The first-order valence-electron chi connectivity index (χ1n) is 11.5. The van der Waals surface area contributed by atoms with Crippen LogP contribution in [0.5, 0.6) is 5.75 Å². The number of methoxy groups -OCH3 is 1. The van der Waals surface area contributed by atoms with Crippen molar-refractivity contribution in [1.29, 1.82) is 0 Å². The molecule has 0 radical (unpaired) electrons. The van der Waals surface area contributed by atoms with Gasteiger partial charge in [0.1, 0.15) is 23.9 Å². The highest BCUT2D eigenvalue weighted by molar-refractivity contribution is 5.97. The number of hydrogen-bond donors (Lipinski definition) is 0. The maximum atomic E-state index is 14.0. The first-order chi connectivity index (χ1) is 17.3. The number of imidazole rings is 1. The standard InChI is InChI=1S/C28H26F2N2O4/c1-17(13-19-7-4-8-20(15-19)28(34)35-3)14-24(33)26-18(2)31-27-25(11-6-12-32(26)27)36-16-21-22(29)9-5-10-23(21)30/h4-12,15,17H,13-14,16H2,1-3H3/t17-/m0/s1. The third kappa shape index (κ3) is 5.27. The van der Waals surface area contributed by atoms with Gasteiger partial charge in [-0.05, 0) is 61.2 Å². The summed E-state index contributed by atoms with van der Waals surface area (Å²) >= 11 is 0. The lowest BCUT2D eigenvalue weighted by atomic mass is 9.94. The number of aryl methyl sites for hydroxylation is 1. The highest BCUT2D eigenvalue weighted by atomic mass is 19.1. The van der Waals surface area contributed by atoms with Crippen LogP contribution in [0.2, 0.25) is 0 Å². The van der Waals surface area contributed by atoms with Crippen molar-refractivity contribution in [2.75, 3.05) is 7.11 Å². The summed E-state index contributed by atoms with van der Waals surface area (Å²) in [5.41, 5.74) is 2.59. The van der Waals surface area contributed by atoms with Crippen LogP contribution in [-0.2, 0) is 17.8 Å². The van der Waals surface area contributed by atoms with Crippen LogP contribution in [0.4, 0.5) is 8.78 Å². The molecule has 6 nitrogen and oxygen atoms in total. The van der Waals surface area contributed by atoms with E-state index in [1.165, 1.54) is 25.3 Å². The molecule has 0 aliphatic rings. The Hall–Kier alpha value is -4.07. The summed E-state index contributed by atoms with van der Waals surface area (Å²) in [4.78, 5) is 29.6. The molecule has 2 aromatic carbocycles. The molecule has 0 saturated carbocycles. The second-order valence-corrected chi connectivity index (χ2v) is 8.73. The molecule has 0 spiro atoms. The third-order valence-electron chi connectivity index (χ3n) is 5.95. The van der Waals surface area contributed by atoms with Crippen LogP contribution in [-0.4, -0.2) is 28.2 Å². The van der Waals surface area contributed by atoms with Crippen molar-refractivity contribution in [3.05, 3.63) is 101 Å². The van der Waals surface area contributed by atoms with E-state index in [2.05, 4.69) is 4.98 Å². The lowest BCUT2D eigenvalue weighted by Gasteiger charge is -2.12. The quantitative estimate of drug-likeness (QED) is 0.220. The van der Waals surface area contributed by atoms with E-state index in [9.17, 15) is 18.4 Å². The average Bonchev–Trinajstić information content (AvgIpc) is 3.19. The van der Waals surface area contributed by atoms with E-state index < -0.39 is 17.6 Å². The number of fused-ring (bicyclic) bond motifs is 1. The van der Waals surface area contributed by atoms with Crippen LogP contribution in [0.1, 0.15) is 51.0 Å². The molecule has 0 N–H and O–H groups in total. The first-order valence-corrected chi connectivity index (χ1v) is 11.5. The van der Waals surface area contributed by atoms with E-state index in [0.29, 0.717) is 34.8 Å². The Morgan fingerprint density at radius 2 is 1.78 bits per heavy atom. The number of hydrogen-bond acceptors (Lipinski definition) is 5. The molecular weight excluding hydrogens is 466 g/mol. The number of benzene rings is 2. The van der Waals surface area contributed by atoms with Crippen molar-refractivity contribution < 1.29 is 27.8 Å². The summed E-state index contributed by atoms with van der Waals surface area (Å²) in [6, 6.07) is 14.1. The molecule has 0 bridgehead atoms. The molecule has 0 aliphatic carbocycles. The van der Waals surface area contributed by atoms with E-state index in [4.69, 9.17) is 9.47 Å². The summed E-state index contributed by atoms with van der Waals surface area (Å²) in [7, 11) is 1.34. The lowest BCUT2D eigenvalue weighted by molar-refractivity contribution is 0.0600. The lowest BCUT2D eigenvalue weighted by Crippen LogP contribution is -2.12. The van der Waals surface area contributed by atoms with Gasteiger partial charge >= 0.3 is 5.97 Å². The SMILES string of the molecule is COC(=O)c1cccc(C[C@H](C)CC(=O)c2c(C)nc3c(OCc4c(F)cccc4F)cccn23)c1. The smallest absolute Gasteiger partial charge is 0.337 e. The molecule has 2 aromatic heterocycles. The van der Waals surface area contributed by atoms with Gasteiger partial charge < -0.3 is 9.47 Å². The van der Waals surface area contributed by atoms with E-state index in [1.54, 1.807) is 47.9 Å². The summed E-state index contributed by atoms with van der Waals surface area (Å²) in [5, 5.41) is 0. The number of nitrogens with zero attached hydrogens (tertiary/aromatic N) is 2. The molecule has 0 amide bonds. The van der Waals surface area contributed by atoms with Crippen LogP contribution >= 0.6 is 0 Å². The monoisotopic (exact) mass is 492 g/mol. The molecule has 0 unspecified atom stereocenters. The molecule has 0 fully saturated rings. The minimum absolute atomic E-state index is 0.00110. The fraction of sp³-hybridized carbons (Fsp3) is 0.250. The Bertz CT molecular complexity index is 1410. The molecule has 36 heavy (non-hydrogen) atoms. The van der Waals surface area contributed by atoms with Crippen molar-refractivity contribution in [3.8, 4) is 5.75 Å². The Labute approximate surface area is 207 Å². The number of rotatable bonds is 9. The summed E-state index contributed by atoms with van der Waals surface area (Å²) < 4.78 is 40.1. The first kappa shape index (κ1) is 25.0. The zero-order valence-electron chi connectivity index (χ0n) is 20.3. The minimum atomic E-state index is -0.691. The van der Waals surface area contributed by atoms with Crippen molar-refractivity contribution in [3.63, 3.8) is 0 Å². The molecule has 1 atom stereocenters. The van der Waals surface area contributed by atoms with Gasteiger partial charge in [-0.3, -0.25) is 9.20 Å². The number of carbonyl (C=O) groups excluding carboxylic acids is 2. The van der Waals surface area contributed by atoms with Gasteiger partial charge in [0.25, 0.3) is 0 Å². The number of Topliss-reactive ketones (excluding diaryl/α,β-unsaturated/α-hetero) is 1. The van der Waals surface area contributed by atoms with E-state index in [0.717, 1.165) is 5.56 Å². The second kappa shape index (κ2) is 10.7. The number of ether oxygens (including phenoxy) is 2. The highest BCUT2D eigenvalue weighted by Crippen LogP contribution is 2.26. The molecule has 8 heteroatoms. The van der Waals surface area contributed by atoms with Crippen LogP contribution < -0.4 is 4.74 Å². The van der Waals surface area contributed by atoms with Crippen LogP contribution in [0.3, 0.4) is 0 Å². The largest absolute Gasteiger partial charge is 0.485 e. The average molecular weight is 493 g/mol. The zero-order valence-corrected chi connectivity index (χ0v) is 20.3. The second-order valence-electron chi connectivity index (χ2n) is 8.73. The van der Waals surface area contributed by atoms with Crippen molar-refractivity contribution in [2.24, 2.45) is 5.92 Å². The number of halogens is 2. The molecule has 4 rings (SSSR count). The summed E-state index contributed by atoms with van der Waals surface area (Å²) in [6.07, 6.45) is 2.58. The van der Waals surface area contributed by atoms with Gasteiger partial charge in [0.15, 0.2) is 17.2 Å². The fourth-order valence-electron chi connectivity index (χ4n) is 4.26.